The van der Waals surface area contributed by atoms with Gasteiger partial charge in [0.2, 0.25) is 0 Å². The molecular weight excluding hydrogens is 326 g/mol. The highest BCUT2D eigenvalue weighted by molar-refractivity contribution is 7.99. The highest BCUT2D eigenvalue weighted by Gasteiger charge is 2.19. The summed E-state index contributed by atoms with van der Waals surface area (Å²) in [6, 6.07) is 15.8. The average molecular weight is 337 g/mol. The lowest BCUT2D eigenvalue weighted by molar-refractivity contribution is -0.387. The molecule has 8 heteroatoms. The van der Waals surface area contributed by atoms with Gasteiger partial charge in [-0.25, -0.2) is 0 Å². The highest BCUT2D eigenvalue weighted by Crippen LogP contribution is 2.35. The SMILES string of the molecule is Cn1c(Sc2cc(C#N)ccc2[N+](=O)[O-])nnc1-c1ccccc1. The topological polar surface area (TPSA) is 97.6 Å². The molecule has 3 aromatic rings. The summed E-state index contributed by atoms with van der Waals surface area (Å²) in [6.45, 7) is 0. The van der Waals surface area contributed by atoms with Crippen molar-refractivity contribution in [1.29, 1.82) is 5.26 Å². The molecule has 0 amide bonds. The summed E-state index contributed by atoms with van der Waals surface area (Å²) in [4.78, 5) is 11.1. The van der Waals surface area contributed by atoms with E-state index in [1.165, 1.54) is 18.2 Å². The lowest BCUT2D eigenvalue weighted by Gasteiger charge is -2.05. The molecule has 0 aliphatic heterocycles. The zero-order valence-electron chi connectivity index (χ0n) is 12.6. The molecule has 0 atom stereocenters. The number of nitrogens with zero attached hydrogens (tertiary/aromatic N) is 5. The summed E-state index contributed by atoms with van der Waals surface area (Å²) in [5, 5.41) is 29.0. The van der Waals surface area contributed by atoms with Crippen LogP contribution in [-0.4, -0.2) is 19.7 Å². The first-order valence-electron chi connectivity index (χ1n) is 6.91. The zero-order valence-corrected chi connectivity index (χ0v) is 13.4. The Kier molecular flexibility index (Phi) is 4.26. The van der Waals surface area contributed by atoms with Crippen molar-refractivity contribution in [3.63, 3.8) is 0 Å². The molecule has 0 bridgehead atoms. The first kappa shape index (κ1) is 15.7. The summed E-state index contributed by atoms with van der Waals surface area (Å²) < 4.78 is 1.77. The summed E-state index contributed by atoms with van der Waals surface area (Å²) in [7, 11) is 1.80. The minimum absolute atomic E-state index is 0.0664. The molecule has 1 aromatic heterocycles. The minimum Gasteiger partial charge on any atom is -0.305 e. The Morgan fingerprint density at radius 2 is 1.96 bits per heavy atom. The molecule has 0 N–H and O–H groups in total. The van der Waals surface area contributed by atoms with Crippen LogP contribution in [0.3, 0.4) is 0 Å². The molecule has 0 aliphatic carbocycles. The Bertz CT molecular complexity index is 947. The van der Waals surface area contributed by atoms with Crippen LogP contribution in [0.15, 0.2) is 58.6 Å². The van der Waals surface area contributed by atoms with Gasteiger partial charge in [0.25, 0.3) is 5.69 Å². The predicted octanol–water partition coefficient (Wildman–Crippen LogP) is 3.41. The molecule has 3 rings (SSSR count). The predicted molar refractivity (Wildman–Crippen MR) is 88.4 cm³/mol. The molecule has 7 nitrogen and oxygen atoms in total. The van der Waals surface area contributed by atoms with E-state index in [-0.39, 0.29) is 5.69 Å². The van der Waals surface area contributed by atoms with Crippen molar-refractivity contribution in [2.24, 2.45) is 7.05 Å². The van der Waals surface area contributed by atoms with Gasteiger partial charge in [-0.3, -0.25) is 10.1 Å². The molecule has 0 unspecified atom stereocenters. The maximum atomic E-state index is 11.2. The minimum atomic E-state index is -0.474. The number of hydrogen-bond acceptors (Lipinski definition) is 6. The molecule has 24 heavy (non-hydrogen) atoms. The van der Waals surface area contributed by atoms with Crippen molar-refractivity contribution in [3.8, 4) is 17.5 Å². The van der Waals surface area contributed by atoms with Gasteiger partial charge in [0, 0.05) is 18.7 Å². The maximum absolute atomic E-state index is 11.2. The fourth-order valence-corrected chi connectivity index (χ4v) is 3.09. The van der Waals surface area contributed by atoms with Crippen LogP contribution in [0, 0.1) is 21.4 Å². The Balaban J connectivity index is 2.00. The lowest BCUT2D eigenvalue weighted by Crippen LogP contribution is -1.96. The van der Waals surface area contributed by atoms with Crippen molar-refractivity contribution in [2.75, 3.05) is 0 Å². The molecule has 0 saturated carbocycles. The van der Waals surface area contributed by atoms with Gasteiger partial charge < -0.3 is 4.57 Å². The number of benzene rings is 2. The van der Waals surface area contributed by atoms with Crippen LogP contribution in [0.1, 0.15) is 5.56 Å². The van der Waals surface area contributed by atoms with Crippen LogP contribution in [0.25, 0.3) is 11.4 Å². The van der Waals surface area contributed by atoms with Crippen LogP contribution in [0.2, 0.25) is 0 Å². The van der Waals surface area contributed by atoms with Crippen molar-refractivity contribution < 1.29 is 4.92 Å². The van der Waals surface area contributed by atoms with Crippen molar-refractivity contribution in [2.45, 2.75) is 10.1 Å². The van der Waals surface area contributed by atoms with E-state index in [4.69, 9.17) is 5.26 Å². The van der Waals surface area contributed by atoms with E-state index < -0.39 is 4.92 Å². The summed E-state index contributed by atoms with van der Waals surface area (Å²) >= 11 is 1.11. The Labute approximate surface area is 141 Å². The van der Waals surface area contributed by atoms with E-state index in [1.807, 2.05) is 36.4 Å². The maximum Gasteiger partial charge on any atom is 0.283 e. The first-order chi connectivity index (χ1) is 11.6. The third kappa shape index (κ3) is 2.98. The molecule has 1 heterocycles. The summed E-state index contributed by atoms with van der Waals surface area (Å²) in [5.74, 6) is 0.664. The molecule has 2 aromatic carbocycles. The first-order valence-corrected chi connectivity index (χ1v) is 7.73. The quantitative estimate of drug-likeness (QED) is 0.534. The Morgan fingerprint density at radius 3 is 2.62 bits per heavy atom. The third-order valence-electron chi connectivity index (χ3n) is 3.35. The molecule has 0 spiro atoms. The van der Waals surface area contributed by atoms with Gasteiger partial charge >= 0.3 is 0 Å². The summed E-state index contributed by atoms with van der Waals surface area (Å²) in [5.41, 5.74) is 1.19. The van der Waals surface area contributed by atoms with Gasteiger partial charge in [0.1, 0.15) is 0 Å². The molecule has 0 radical (unpaired) electrons. The Hall–Kier alpha value is -3.18. The zero-order chi connectivity index (χ0) is 17.1. The standard InChI is InChI=1S/C16H11N5O2S/c1-20-15(12-5-3-2-4-6-12)18-19-16(20)24-14-9-11(10-17)7-8-13(14)21(22)23/h2-9H,1H3. The number of hydrogen-bond donors (Lipinski definition) is 0. The van der Waals surface area contributed by atoms with Gasteiger partial charge in [0.15, 0.2) is 11.0 Å². The van der Waals surface area contributed by atoms with Gasteiger partial charge in [-0.1, -0.05) is 30.3 Å². The third-order valence-corrected chi connectivity index (χ3v) is 4.44. The van der Waals surface area contributed by atoms with Crippen LogP contribution in [0.4, 0.5) is 5.69 Å². The van der Waals surface area contributed by atoms with Crippen molar-refractivity contribution in [3.05, 3.63) is 64.2 Å². The van der Waals surface area contributed by atoms with Crippen LogP contribution < -0.4 is 0 Å². The molecular formula is C16H11N5O2S. The number of nitro groups is 1. The second-order valence-electron chi connectivity index (χ2n) is 4.88. The van der Waals surface area contributed by atoms with Crippen LogP contribution >= 0.6 is 11.8 Å². The van der Waals surface area contributed by atoms with E-state index in [9.17, 15) is 10.1 Å². The fraction of sp³-hybridized carbons (Fsp3) is 0.0625. The van der Waals surface area contributed by atoms with E-state index in [1.54, 1.807) is 11.6 Å². The van der Waals surface area contributed by atoms with Gasteiger partial charge in [-0.05, 0) is 23.9 Å². The summed E-state index contributed by atoms with van der Waals surface area (Å²) in [6.07, 6.45) is 0. The van der Waals surface area contributed by atoms with E-state index in [0.29, 0.717) is 21.4 Å². The number of aromatic nitrogens is 3. The van der Waals surface area contributed by atoms with Gasteiger partial charge in [0.05, 0.1) is 21.5 Å². The van der Waals surface area contributed by atoms with E-state index in [2.05, 4.69) is 10.2 Å². The van der Waals surface area contributed by atoms with Gasteiger partial charge in [-0.2, -0.15) is 5.26 Å². The smallest absolute Gasteiger partial charge is 0.283 e. The Morgan fingerprint density at radius 1 is 1.21 bits per heavy atom. The van der Waals surface area contributed by atoms with Crippen LogP contribution in [-0.2, 0) is 7.05 Å². The second-order valence-corrected chi connectivity index (χ2v) is 5.89. The normalized spacial score (nSPS) is 10.3. The molecule has 0 saturated heterocycles. The fourth-order valence-electron chi connectivity index (χ4n) is 2.16. The number of nitro benzene ring substituents is 1. The molecule has 118 valence electrons. The molecule has 0 fully saturated rings. The van der Waals surface area contributed by atoms with Crippen LogP contribution in [0.5, 0.6) is 0 Å². The largest absolute Gasteiger partial charge is 0.305 e. The lowest BCUT2D eigenvalue weighted by atomic mass is 10.2. The second kappa shape index (κ2) is 6.52. The van der Waals surface area contributed by atoms with Crippen molar-refractivity contribution in [1.82, 2.24) is 14.8 Å². The van der Waals surface area contributed by atoms with E-state index in [0.717, 1.165) is 17.3 Å². The van der Waals surface area contributed by atoms with E-state index >= 15 is 0 Å². The number of rotatable bonds is 4. The average Bonchev–Trinajstić information content (AvgIpc) is 2.96. The van der Waals surface area contributed by atoms with Gasteiger partial charge in [-0.15, -0.1) is 10.2 Å². The monoisotopic (exact) mass is 337 g/mol. The number of nitriles is 1. The van der Waals surface area contributed by atoms with Crippen molar-refractivity contribution >= 4 is 17.4 Å². The highest BCUT2D eigenvalue weighted by atomic mass is 32.2. The molecule has 0 aliphatic rings.